The van der Waals surface area contributed by atoms with E-state index in [0.717, 1.165) is 12.0 Å². The van der Waals surface area contributed by atoms with E-state index in [1.165, 1.54) is 10.5 Å². The zero-order chi connectivity index (χ0) is 24.5. The first-order chi connectivity index (χ1) is 16.4. The maximum atomic E-state index is 13.2. The minimum atomic E-state index is -0.581. The molecule has 0 aliphatic heterocycles. The van der Waals surface area contributed by atoms with Crippen LogP contribution in [0.2, 0.25) is 0 Å². The molecule has 0 radical (unpaired) electrons. The van der Waals surface area contributed by atoms with Gasteiger partial charge < -0.3 is 14.8 Å². The van der Waals surface area contributed by atoms with Crippen LogP contribution in [0.5, 0.6) is 11.6 Å². The Hall–Kier alpha value is -3.96. The Balaban J connectivity index is 1.93. The van der Waals surface area contributed by atoms with Crippen molar-refractivity contribution < 1.29 is 14.3 Å². The lowest BCUT2D eigenvalue weighted by atomic mass is 10.1. The number of carbonyl (C=O) groups excluding carboxylic acids is 1. The van der Waals surface area contributed by atoms with Gasteiger partial charge in [-0.15, -0.1) is 0 Å². The van der Waals surface area contributed by atoms with Gasteiger partial charge in [0.25, 0.3) is 11.5 Å². The first-order valence-electron chi connectivity index (χ1n) is 11.2. The van der Waals surface area contributed by atoms with E-state index in [1.54, 1.807) is 36.5 Å². The van der Waals surface area contributed by atoms with Crippen molar-refractivity contribution in [1.29, 1.82) is 5.26 Å². The second kappa shape index (κ2) is 11.8. The third kappa shape index (κ3) is 6.30. The number of nitrogens with zero attached hydrogens (tertiary/aromatic N) is 3. The van der Waals surface area contributed by atoms with Gasteiger partial charge in [0.05, 0.1) is 6.10 Å². The molecule has 34 heavy (non-hydrogen) atoms. The number of nitrogens with one attached hydrogen (secondary N) is 1. The van der Waals surface area contributed by atoms with E-state index in [9.17, 15) is 14.9 Å². The van der Waals surface area contributed by atoms with Crippen LogP contribution in [0.1, 0.15) is 38.3 Å². The lowest BCUT2D eigenvalue weighted by Crippen LogP contribution is -2.27. The number of hydrogen-bond acceptors (Lipinski definition) is 6. The van der Waals surface area contributed by atoms with Gasteiger partial charge in [-0.25, -0.2) is 0 Å². The Morgan fingerprint density at radius 3 is 2.68 bits per heavy atom. The zero-order valence-corrected chi connectivity index (χ0v) is 19.6. The smallest absolute Gasteiger partial charge is 0.269 e. The Morgan fingerprint density at radius 1 is 1.24 bits per heavy atom. The van der Waals surface area contributed by atoms with Gasteiger partial charge in [-0.05, 0) is 62.6 Å². The highest BCUT2D eigenvalue weighted by Crippen LogP contribution is 2.24. The lowest BCUT2D eigenvalue weighted by Gasteiger charge is -2.11. The standard InChI is InChI=1S/C26H28N4O4/c1-4-19-9-11-21(12-10-19)34-25-22(26(32)30-14-6-5-8-23(30)29-25)16-20(17-27)24(31)28-13-7-15-33-18(2)3/h5-6,8-12,14,16,18H,4,7,13,15H2,1-3H3,(H,28,31). The van der Waals surface area contributed by atoms with Crippen LogP contribution in [-0.2, 0) is 16.0 Å². The number of ether oxygens (including phenoxy) is 2. The van der Waals surface area contributed by atoms with E-state index in [4.69, 9.17) is 9.47 Å². The average Bonchev–Trinajstić information content (AvgIpc) is 2.84. The monoisotopic (exact) mass is 460 g/mol. The summed E-state index contributed by atoms with van der Waals surface area (Å²) in [7, 11) is 0. The molecule has 0 unspecified atom stereocenters. The average molecular weight is 461 g/mol. The summed E-state index contributed by atoms with van der Waals surface area (Å²) in [6.45, 7) is 6.75. The van der Waals surface area contributed by atoms with Crippen LogP contribution in [0.4, 0.5) is 0 Å². The number of amides is 1. The topological polar surface area (TPSA) is 106 Å². The summed E-state index contributed by atoms with van der Waals surface area (Å²) in [4.78, 5) is 30.3. The zero-order valence-electron chi connectivity index (χ0n) is 19.6. The number of benzene rings is 1. The van der Waals surface area contributed by atoms with Gasteiger partial charge >= 0.3 is 0 Å². The number of carbonyl (C=O) groups is 1. The Bertz CT molecular complexity index is 1270. The third-order valence-corrected chi connectivity index (χ3v) is 4.99. The second-order valence-corrected chi connectivity index (χ2v) is 7.86. The molecule has 0 spiro atoms. The molecule has 1 aromatic carbocycles. The molecule has 1 amide bonds. The number of aromatic nitrogens is 2. The summed E-state index contributed by atoms with van der Waals surface area (Å²) in [6, 6.07) is 14.4. The van der Waals surface area contributed by atoms with E-state index in [-0.39, 0.29) is 23.1 Å². The largest absolute Gasteiger partial charge is 0.438 e. The van der Waals surface area contributed by atoms with Gasteiger partial charge in [-0.3, -0.25) is 14.0 Å². The van der Waals surface area contributed by atoms with Gasteiger partial charge in [0.15, 0.2) is 0 Å². The number of hydrogen-bond donors (Lipinski definition) is 1. The number of rotatable bonds is 10. The van der Waals surface area contributed by atoms with Gasteiger partial charge in [0.2, 0.25) is 5.88 Å². The summed E-state index contributed by atoms with van der Waals surface area (Å²) in [5.41, 5.74) is 0.875. The highest BCUT2D eigenvalue weighted by molar-refractivity contribution is 6.01. The fourth-order valence-corrected chi connectivity index (χ4v) is 3.17. The molecule has 1 N–H and O–H groups in total. The molecule has 2 heterocycles. The molecule has 0 atom stereocenters. The van der Waals surface area contributed by atoms with Crippen LogP contribution in [0.3, 0.4) is 0 Å². The molecular formula is C26H28N4O4. The van der Waals surface area contributed by atoms with Crippen molar-refractivity contribution in [1.82, 2.24) is 14.7 Å². The Labute approximate surface area is 198 Å². The maximum absolute atomic E-state index is 13.2. The molecule has 8 heteroatoms. The highest BCUT2D eigenvalue weighted by Gasteiger charge is 2.17. The van der Waals surface area contributed by atoms with Gasteiger partial charge in [-0.2, -0.15) is 10.2 Å². The first kappa shape index (κ1) is 24.7. The fraction of sp³-hybridized carbons (Fsp3) is 0.308. The molecule has 0 saturated carbocycles. The number of nitriles is 1. The molecule has 8 nitrogen and oxygen atoms in total. The molecule has 3 rings (SSSR count). The van der Waals surface area contributed by atoms with Crippen molar-refractivity contribution in [2.45, 2.75) is 39.7 Å². The van der Waals surface area contributed by atoms with Crippen LogP contribution in [0, 0.1) is 11.3 Å². The predicted molar refractivity (Wildman–Crippen MR) is 130 cm³/mol. The Kier molecular flexibility index (Phi) is 8.54. The van der Waals surface area contributed by atoms with Crippen molar-refractivity contribution in [2.75, 3.05) is 13.2 Å². The normalized spacial score (nSPS) is 11.4. The summed E-state index contributed by atoms with van der Waals surface area (Å²) in [6.07, 6.45) is 4.39. The molecule has 0 aliphatic carbocycles. The Morgan fingerprint density at radius 2 is 2.00 bits per heavy atom. The molecular weight excluding hydrogens is 432 g/mol. The van der Waals surface area contributed by atoms with Gasteiger partial charge in [0.1, 0.15) is 28.6 Å². The van der Waals surface area contributed by atoms with Gasteiger partial charge in [0, 0.05) is 19.3 Å². The quantitative estimate of drug-likeness (QED) is 0.280. The summed E-state index contributed by atoms with van der Waals surface area (Å²) >= 11 is 0. The minimum Gasteiger partial charge on any atom is -0.438 e. The number of fused-ring (bicyclic) bond motifs is 1. The number of aryl methyl sites for hydroxylation is 1. The highest BCUT2D eigenvalue weighted by atomic mass is 16.5. The molecule has 0 saturated heterocycles. The second-order valence-electron chi connectivity index (χ2n) is 7.86. The van der Waals surface area contributed by atoms with E-state index >= 15 is 0 Å². The van der Waals surface area contributed by atoms with Crippen molar-refractivity contribution in [2.24, 2.45) is 0 Å². The molecule has 0 fully saturated rings. The van der Waals surface area contributed by atoms with E-state index < -0.39 is 11.5 Å². The van der Waals surface area contributed by atoms with Crippen LogP contribution in [-0.4, -0.2) is 34.5 Å². The summed E-state index contributed by atoms with van der Waals surface area (Å²) in [5, 5.41) is 12.3. The van der Waals surface area contributed by atoms with Crippen molar-refractivity contribution in [3.05, 3.63) is 75.7 Å². The predicted octanol–water partition coefficient (Wildman–Crippen LogP) is 3.89. The van der Waals surface area contributed by atoms with Crippen LogP contribution in [0.25, 0.3) is 11.7 Å². The molecule has 0 bridgehead atoms. The molecule has 0 aliphatic rings. The first-order valence-corrected chi connectivity index (χ1v) is 11.2. The maximum Gasteiger partial charge on any atom is 0.269 e. The molecule has 3 aromatic rings. The lowest BCUT2D eigenvalue weighted by molar-refractivity contribution is -0.117. The minimum absolute atomic E-state index is 0.0121. The van der Waals surface area contributed by atoms with Crippen LogP contribution < -0.4 is 15.6 Å². The van der Waals surface area contributed by atoms with E-state index in [0.29, 0.717) is 31.0 Å². The molecule has 2 aromatic heterocycles. The van der Waals surface area contributed by atoms with Crippen LogP contribution in [0.15, 0.2) is 59.0 Å². The van der Waals surface area contributed by atoms with E-state index in [2.05, 4.69) is 17.2 Å². The molecule has 176 valence electrons. The SMILES string of the molecule is CCc1ccc(Oc2nc3ccccn3c(=O)c2C=C(C#N)C(=O)NCCCOC(C)C)cc1. The summed E-state index contributed by atoms with van der Waals surface area (Å²) in [5.74, 6) is -0.0682. The summed E-state index contributed by atoms with van der Waals surface area (Å²) < 4.78 is 12.7. The van der Waals surface area contributed by atoms with Gasteiger partial charge in [-0.1, -0.05) is 25.1 Å². The van der Waals surface area contributed by atoms with Crippen molar-refractivity contribution >= 4 is 17.6 Å². The van der Waals surface area contributed by atoms with E-state index in [1.807, 2.05) is 32.0 Å². The fourth-order valence-electron chi connectivity index (χ4n) is 3.17. The van der Waals surface area contributed by atoms with Crippen molar-refractivity contribution in [3.8, 4) is 17.7 Å². The third-order valence-electron chi connectivity index (χ3n) is 4.99. The van der Waals surface area contributed by atoms with Crippen LogP contribution >= 0.6 is 0 Å². The van der Waals surface area contributed by atoms with Crippen molar-refractivity contribution in [3.63, 3.8) is 0 Å². The number of pyridine rings is 1.